The number of hydrogen-bond donors (Lipinski definition) is 2. The van der Waals surface area contributed by atoms with E-state index in [1.54, 1.807) is 7.05 Å². The van der Waals surface area contributed by atoms with Crippen LogP contribution in [0.25, 0.3) is 0 Å². The molecule has 0 aromatic heterocycles. The predicted molar refractivity (Wildman–Crippen MR) is 82.8 cm³/mol. The average molecular weight is 295 g/mol. The highest BCUT2D eigenvalue weighted by molar-refractivity contribution is 5.90. The van der Waals surface area contributed by atoms with Crippen molar-refractivity contribution in [1.82, 2.24) is 15.5 Å². The second-order valence-electron chi connectivity index (χ2n) is 6.92. The number of hydrogen-bond acceptors (Lipinski definition) is 3. The average Bonchev–Trinajstić information content (AvgIpc) is 2.94. The minimum absolute atomic E-state index is 0.0618. The maximum Gasteiger partial charge on any atom is 0.243 e. The smallest absolute Gasteiger partial charge is 0.243 e. The number of nitrogens with one attached hydrogen (secondary N) is 2. The summed E-state index contributed by atoms with van der Waals surface area (Å²) in [5, 5.41) is 5.91. The Balaban J connectivity index is 2.19. The van der Waals surface area contributed by atoms with E-state index in [2.05, 4.69) is 24.5 Å². The van der Waals surface area contributed by atoms with Gasteiger partial charge < -0.3 is 15.5 Å². The molecule has 0 bridgehead atoms. The lowest BCUT2D eigenvalue weighted by Crippen LogP contribution is -2.61. The van der Waals surface area contributed by atoms with Gasteiger partial charge >= 0.3 is 0 Å². The zero-order valence-corrected chi connectivity index (χ0v) is 13.6. The predicted octanol–water partition coefficient (Wildman–Crippen LogP) is 1.14. The third kappa shape index (κ3) is 3.39. The number of amides is 2. The highest BCUT2D eigenvalue weighted by Gasteiger charge is 2.46. The van der Waals surface area contributed by atoms with Gasteiger partial charge in [-0.3, -0.25) is 9.59 Å². The fraction of sp³-hybridized carbons (Fsp3) is 0.875. The molecule has 2 aliphatic rings. The van der Waals surface area contributed by atoms with Crippen molar-refractivity contribution in [2.75, 3.05) is 26.7 Å². The van der Waals surface area contributed by atoms with E-state index in [-0.39, 0.29) is 23.3 Å². The van der Waals surface area contributed by atoms with E-state index in [1.807, 2.05) is 4.90 Å². The van der Waals surface area contributed by atoms with Crippen LogP contribution < -0.4 is 10.6 Å². The summed E-state index contributed by atoms with van der Waals surface area (Å²) in [4.78, 5) is 27.1. The minimum atomic E-state index is -0.360. The van der Waals surface area contributed by atoms with Gasteiger partial charge in [-0.15, -0.1) is 0 Å². The maximum absolute atomic E-state index is 13.2. The largest absolute Gasteiger partial charge is 0.357 e. The van der Waals surface area contributed by atoms with Gasteiger partial charge in [0.2, 0.25) is 11.8 Å². The summed E-state index contributed by atoms with van der Waals surface area (Å²) in [6, 6.07) is -0.360. The van der Waals surface area contributed by atoms with Crippen LogP contribution in [0.5, 0.6) is 0 Å². The Hall–Kier alpha value is -1.10. The summed E-state index contributed by atoms with van der Waals surface area (Å²) >= 11 is 0. The third-order valence-corrected chi connectivity index (χ3v) is 4.87. The van der Waals surface area contributed by atoms with Crippen LogP contribution in [0.15, 0.2) is 0 Å². The molecule has 5 nitrogen and oxygen atoms in total. The summed E-state index contributed by atoms with van der Waals surface area (Å²) < 4.78 is 0. The fourth-order valence-corrected chi connectivity index (χ4v) is 3.99. The van der Waals surface area contributed by atoms with Crippen molar-refractivity contribution in [3.63, 3.8) is 0 Å². The molecule has 1 aliphatic carbocycles. The molecule has 0 radical (unpaired) electrons. The molecule has 1 saturated carbocycles. The Labute approximate surface area is 127 Å². The van der Waals surface area contributed by atoms with E-state index in [0.29, 0.717) is 19.0 Å². The molecule has 2 rings (SSSR count). The molecule has 0 aromatic rings. The van der Waals surface area contributed by atoms with Crippen molar-refractivity contribution in [3.8, 4) is 0 Å². The molecule has 5 heteroatoms. The Morgan fingerprint density at radius 1 is 1.33 bits per heavy atom. The number of piperazine rings is 1. The lowest BCUT2D eigenvalue weighted by molar-refractivity contribution is -0.150. The molecule has 120 valence electrons. The first kappa shape index (κ1) is 16.3. The zero-order valence-electron chi connectivity index (χ0n) is 13.6. The lowest BCUT2D eigenvalue weighted by atomic mass is 9.77. The Kier molecular flexibility index (Phi) is 5.25. The first-order valence-corrected chi connectivity index (χ1v) is 8.23. The van der Waals surface area contributed by atoms with E-state index < -0.39 is 0 Å². The highest BCUT2D eigenvalue weighted by atomic mass is 16.2. The number of nitrogens with zero attached hydrogens (tertiary/aromatic N) is 1. The van der Waals surface area contributed by atoms with Crippen molar-refractivity contribution >= 4 is 11.8 Å². The molecule has 1 atom stereocenters. The van der Waals surface area contributed by atoms with Crippen LogP contribution in [0.2, 0.25) is 0 Å². The monoisotopic (exact) mass is 295 g/mol. The van der Waals surface area contributed by atoms with E-state index >= 15 is 0 Å². The molecule has 2 amide bonds. The first-order chi connectivity index (χ1) is 10.00. The number of rotatable bonds is 4. The minimum Gasteiger partial charge on any atom is -0.357 e. The van der Waals surface area contributed by atoms with Crippen LogP contribution in [-0.2, 0) is 9.59 Å². The Morgan fingerprint density at radius 2 is 2.00 bits per heavy atom. The molecular weight excluding hydrogens is 266 g/mol. The van der Waals surface area contributed by atoms with E-state index in [0.717, 1.165) is 38.6 Å². The van der Waals surface area contributed by atoms with Crippen LogP contribution in [0, 0.1) is 11.3 Å². The molecule has 1 heterocycles. The van der Waals surface area contributed by atoms with Gasteiger partial charge in [-0.2, -0.15) is 0 Å². The first-order valence-electron chi connectivity index (χ1n) is 8.23. The SMILES string of the molecule is CNC(=O)C1CNCCN1C(=O)C1(CC(C)C)CCCC1. The van der Waals surface area contributed by atoms with Crippen molar-refractivity contribution in [2.24, 2.45) is 11.3 Å². The Bertz CT molecular complexity index is 389. The van der Waals surface area contributed by atoms with Crippen LogP contribution >= 0.6 is 0 Å². The van der Waals surface area contributed by atoms with Crippen molar-refractivity contribution in [2.45, 2.75) is 52.0 Å². The molecule has 0 spiro atoms. The molecule has 1 saturated heterocycles. The molecule has 0 aromatic carbocycles. The molecule has 1 aliphatic heterocycles. The second kappa shape index (κ2) is 6.77. The Morgan fingerprint density at radius 3 is 2.57 bits per heavy atom. The van der Waals surface area contributed by atoms with Gasteiger partial charge in [-0.1, -0.05) is 26.7 Å². The topological polar surface area (TPSA) is 61.4 Å². The van der Waals surface area contributed by atoms with Crippen LogP contribution in [-0.4, -0.2) is 49.4 Å². The fourth-order valence-electron chi connectivity index (χ4n) is 3.99. The highest BCUT2D eigenvalue weighted by Crippen LogP contribution is 2.45. The van der Waals surface area contributed by atoms with E-state index in [4.69, 9.17) is 0 Å². The van der Waals surface area contributed by atoms with Crippen molar-refractivity contribution < 1.29 is 9.59 Å². The number of carbonyl (C=O) groups excluding carboxylic acids is 2. The van der Waals surface area contributed by atoms with E-state index in [1.165, 1.54) is 0 Å². The van der Waals surface area contributed by atoms with Gasteiger partial charge in [0.25, 0.3) is 0 Å². The third-order valence-electron chi connectivity index (χ3n) is 4.87. The molecule has 21 heavy (non-hydrogen) atoms. The van der Waals surface area contributed by atoms with Crippen LogP contribution in [0.1, 0.15) is 46.0 Å². The van der Waals surface area contributed by atoms with E-state index in [9.17, 15) is 9.59 Å². The van der Waals surface area contributed by atoms with Crippen molar-refractivity contribution in [3.05, 3.63) is 0 Å². The number of likely N-dealkylation sites (N-methyl/N-ethyl adjacent to an activating group) is 1. The summed E-state index contributed by atoms with van der Waals surface area (Å²) in [6.45, 7) is 6.33. The molecule has 2 N–H and O–H groups in total. The van der Waals surface area contributed by atoms with Gasteiger partial charge in [0.1, 0.15) is 6.04 Å². The summed E-state index contributed by atoms with van der Waals surface area (Å²) in [5.74, 6) is 0.658. The van der Waals surface area contributed by atoms with Crippen LogP contribution in [0.3, 0.4) is 0 Å². The lowest BCUT2D eigenvalue weighted by Gasteiger charge is -2.41. The molecule has 1 unspecified atom stereocenters. The summed E-state index contributed by atoms with van der Waals surface area (Å²) in [6.07, 6.45) is 5.17. The van der Waals surface area contributed by atoms with Gasteiger partial charge in [-0.25, -0.2) is 0 Å². The number of carbonyl (C=O) groups is 2. The van der Waals surface area contributed by atoms with Gasteiger partial charge in [0.05, 0.1) is 0 Å². The molecule has 2 fully saturated rings. The summed E-state index contributed by atoms with van der Waals surface area (Å²) in [7, 11) is 1.64. The molecular formula is C16H29N3O2. The normalized spacial score (nSPS) is 25.1. The summed E-state index contributed by atoms with van der Waals surface area (Å²) in [5.41, 5.74) is -0.224. The maximum atomic E-state index is 13.2. The quantitative estimate of drug-likeness (QED) is 0.817. The van der Waals surface area contributed by atoms with Gasteiger partial charge in [0.15, 0.2) is 0 Å². The van der Waals surface area contributed by atoms with Gasteiger partial charge in [-0.05, 0) is 25.2 Å². The van der Waals surface area contributed by atoms with Crippen LogP contribution in [0.4, 0.5) is 0 Å². The van der Waals surface area contributed by atoms with Crippen molar-refractivity contribution in [1.29, 1.82) is 0 Å². The standard InChI is InChI=1S/C16H29N3O2/c1-12(2)10-16(6-4-5-7-16)15(21)19-9-8-18-11-13(19)14(20)17-3/h12-13,18H,4-11H2,1-3H3,(H,17,20). The zero-order chi connectivity index (χ0) is 15.5. The second-order valence-corrected chi connectivity index (χ2v) is 6.92. The van der Waals surface area contributed by atoms with Gasteiger partial charge in [0, 0.05) is 32.1 Å².